The molecule has 2 aromatic heterocycles. The summed E-state index contributed by atoms with van der Waals surface area (Å²) >= 11 is 0. The molecule has 0 N–H and O–H groups in total. The third-order valence-corrected chi connectivity index (χ3v) is 5.73. The number of anilines is 2. The van der Waals surface area contributed by atoms with Crippen LogP contribution in [0.4, 0.5) is 15.9 Å². The number of halogens is 1. The van der Waals surface area contributed by atoms with Gasteiger partial charge in [0.1, 0.15) is 12.1 Å². The minimum atomic E-state index is -0.472. The smallest absolute Gasteiger partial charge is 0.351 e. The van der Waals surface area contributed by atoms with Crippen molar-refractivity contribution in [2.24, 2.45) is 0 Å². The van der Waals surface area contributed by atoms with Crippen molar-refractivity contribution in [3.63, 3.8) is 0 Å². The Hall–Kier alpha value is -3.88. The number of benzene rings is 2. The Morgan fingerprint density at radius 2 is 1.75 bits per heavy atom. The summed E-state index contributed by atoms with van der Waals surface area (Å²) in [5.41, 5.74) is 2.04. The normalized spacial score (nSPS) is 14.2. The fourth-order valence-corrected chi connectivity index (χ4v) is 4.00. The van der Waals surface area contributed by atoms with Crippen molar-refractivity contribution in [2.75, 3.05) is 43.1 Å². The topological polar surface area (TPSA) is 67.9 Å². The molecule has 0 atom stereocenters. The first-order chi connectivity index (χ1) is 15.6. The number of piperazine rings is 1. The predicted molar refractivity (Wildman–Crippen MR) is 120 cm³/mol. The Bertz CT molecular complexity index is 1300. The highest BCUT2D eigenvalue weighted by atomic mass is 19.1. The van der Waals surface area contributed by atoms with E-state index in [1.54, 1.807) is 12.1 Å². The molecule has 0 bridgehead atoms. The van der Waals surface area contributed by atoms with Crippen molar-refractivity contribution in [2.45, 2.75) is 6.54 Å². The van der Waals surface area contributed by atoms with Crippen LogP contribution in [0.25, 0.3) is 5.65 Å². The predicted octanol–water partition coefficient (Wildman–Crippen LogP) is 2.41. The van der Waals surface area contributed by atoms with E-state index in [4.69, 9.17) is 4.74 Å². The second-order valence-corrected chi connectivity index (χ2v) is 7.69. The van der Waals surface area contributed by atoms with Gasteiger partial charge in [0.05, 0.1) is 13.7 Å². The van der Waals surface area contributed by atoms with Crippen LogP contribution in [0.3, 0.4) is 0 Å². The number of ether oxygens (including phenoxy) is 1. The van der Waals surface area contributed by atoms with E-state index in [1.807, 2.05) is 24.3 Å². The van der Waals surface area contributed by atoms with E-state index < -0.39 is 5.82 Å². The van der Waals surface area contributed by atoms with Gasteiger partial charge in [-0.1, -0.05) is 24.3 Å². The number of rotatable bonds is 5. The maximum atomic E-state index is 14.0. The molecule has 0 unspecified atom stereocenters. The lowest BCUT2D eigenvalue weighted by molar-refractivity contribution is 0.386. The Labute approximate surface area is 184 Å². The molecule has 0 amide bonds. The van der Waals surface area contributed by atoms with Crippen LogP contribution in [0.15, 0.2) is 65.7 Å². The quantitative estimate of drug-likeness (QED) is 0.481. The second kappa shape index (κ2) is 8.33. The lowest BCUT2D eigenvalue weighted by atomic mass is 10.2. The van der Waals surface area contributed by atoms with Gasteiger partial charge in [-0.2, -0.15) is 0 Å². The van der Waals surface area contributed by atoms with Gasteiger partial charge >= 0.3 is 5.69 Å². The van der Waals surface area contributed by atoms with Crippen LogP contribution in [0.2, 0.25) is 0 Å². The minimum absolute atomic E-state index is 0.159. The largest absolute Gasteiger partial charge is 0.494 e. The summed E-state index contributed by atoms with van der Waals surface area (Å²) in [7, 11) is 1.41. The number of hydrogen-bond acceptors (Lipinski definition) is 6. The van der Waals surface area contributed by atoms with E-state index in [0.29, 0.717) is 11.2 Å². The van der Waals surface area contributed by atoms with Gasteiger partial charge in [-0.25, -0.2) is 23.3 Å². The average molecular weight is 434 g/mol. The van der Waals surface area contributed by atoms with Gasteiger partial charge in [-0.3, -0.25) is 0 Å². The summed E-state index contributed by atoms with van der Waals surface area (Å²) in [6.07, 6.45) is 1.51. The SMILES string of the molecule is COc1ccc(Cn2nc3cc(N4CCN(c5ccccc5)CC4)ncn3c2=O)cc1F. The zero-order valence-electron chi connectivity index (χ0n) is 17.7. The number of hydrogen-bond donors (Lipinski definition) is 0. The highest BCUT2D eigenvalue weighted by Gasteiger charge is 2.19. The number of fused-ring (bicyclic) bond motifs is 1. The molecule has 1 aliphatic rings. The second-order valence-electron chi connectivity index (χ2n) is 7.69. The summed E-state index contributed by atoms with van der Waals surface area (Å²) in [5, 5.41) is 4.43. The van der Waals surface area contributed by atoms with E-state index in [9.17, 15) is 9.18 Å². The highest BCUT2D eigenvalue weighted by Crippen LogP contribution is 2.20. The Kier molecular flexibility index (Phi) is 5.22. The molecule has 0 aliphatic carbocycles. The molecule has 1 saturated heterocycles. The molecule has 0 saturated carbocycles. The maximum Gasteiger partial charge on any atom is 0.351 e. The van der Waals surface area contributed by atoms with Crippen molar-refractivity contribution < 1.29 is 9.13 Å². The van der Waals surface area contributed by atoms with E-state index in [-0.39, 0.29) is 18.0 Å². The summed E-state index contributed by atoms with van der Waals surface area (Å²) in [4.78, 5) is 21.7. The fourth-order valence-electron chi connectivity index (χ4n) is 4.00. The molecule has 164 valence electrons. The molecular formula is C23H23FN6O2. The van der Waals surface area contributed by atoms with Gasteiger partial charge in [0.2, 0.25) is 0 Å². The standard InChI is InChI=1S/C23H23FN6O2/c1-32-20-8-7-17(13-19(20)24)15-30-23(31)29-16-25-21(14-22(29)26-30)28-11-9-27(10-12-28)18-5-3-2-4-6-18/h2-8,13-14,16H,9-12,15H2,1H3. The lowest BCUT2D eigenvalue weighted by Crippen LogP contribution is -2.46. The molecule has 4 aromatic rings. The molecule has 0 spiro atoms. The van der Waals surface area contributed by atoms with Crippen molar-refractivity contribution in [1.82, 2.24) is 19.2 Å². The van der Waals surface area contributed by atoms with Crippen molar-refractivity contribution in [3.05, 3.63) is 82.8 Å². The Morgan fingerprint density at radius 3 is 2.47 bits per heavy atom. The summed E-state index contributed by atoms with van der Waals surface area (Å²) in [6, 6.07) is 16.8. The van der Waals surface area contributed by atoms with Gasteiger partial charge in [0.25, 0.3) is 0 Å². The molecule has 3 heterocycles. The Morgan fingerprint density at radius 1 is 1.00 bits per heavy atom. The molecule has 9 heteroatoms. The van der Waals surface area contributed by atoms with Crippen LogP contribution in [0.5, 0.6) is 5.75 Å². The van der Waals surface area contributed by atoms with Gasteiger partial charge in [0.15, 0.2) is 17.2 Å². The van der Waals surface area contributed by atoms with Crippen LogP contribution >= 0.6 is 0 Å². The Balaban J connectivity index is 1.34. The number of para-hydroxylation sites is 1. The van der Waals surface area contributed by atoms with Gasteiger partial charge in [-0.15, -0.1) is 5.10 Å². The van der Waals surface area contributed by atoms with Crippen molar-refractivity contribution in [3.8, 4) is 5.75 Å². The van der Waals surface area contributed by atoms with Crippen molar-refractivity contribution >= 4 is 17.2 Å². The molecule has 5 rings (SSSR count). The maximum absolute atomic E-state index is 14.0. The molecule has 1 fully saturated rings. The molecule has 1 aliphatic heterocycles. The van der Waals surface area contributed by atoms with Crippen molar-refractivity contribution in [1.29, 1.82) is 0 Å². The number of nitrogens with zero attached hydrogens (tertiary/aromatic N) is 6. The summed E-state index contributed by atoms with van der Waals surface area (Å²) in [5.74, 6) is 0.482. The first-order valence-corrected chi connectivity index (χ1v) is 10.4. The zero-order valence-corrected chi connectivity index (χ0v) is 17.7. The van der Waals surface area contributed by atoms with E-state index in [2.05, 4.69) is 32.0 Å². The van der Waals surface area contributed by atoms with Crippen LogP contribution in [-0.4, -0.2) is 52.5 Å². The third-order valence-electron chi connectivity index (χ3n) is 5.73. The number of aromatic nitrogens is 4. The lowest BCUT2D eigenvalue weighted by Gasteiger charge is -2.36. The highest BCUT2D eigenvalue weighted by molar-refractivity contribution is 5.53. The first-order valence-electron chi connectivity index (χ1n) is 10.4. The zero-order chi connectivity index (χ0) is 22.1. The van der Waals surface area contributed by atoms with E-state index >= 15 is 0 Å². The van der Waals surface area contributed by atoms with Gasteiger partial charge in [-0.05, 0) is 29.8 Å². The van der Waals surface area contributed by atoms with Gasteiger partial charge < -0.3 is 14.5 Å². The fraction of sp³-hybridized carbons (Fsp3) is 0.261. The van der Waals surface area contributed by atoms with E-state index in [1.165, 1.54) is 34.3 Å². The monoisotopic (exact) mass is 434 g/mol. The average Bonchev–Trinajstić information content (AvgIpc) is 3.14. The molecule has 2 aromatic carbocycles. The molecular weight excluding hydrogens is 411 g/mol. The van der Waals surface area contributed by atoms with Crippen LogP contribution < -0.4 is 20.2 Å². The van der Waals surface area contributed by atoms with Crippen LogP contribution in [0.1, 0.15) is 5.56 Å². The third kappa shape index (κ3) is 3.77. The summed E-state index contributed by atoms with van der Waals surface area (Å²) < 4.78 is 21.7. The molecule has 8 nitrogen and oxygen atoms in total. The van der Waals surface area contributed by atoms with Crippen LogP contribution in [-0.2, 0) is 6.54 Å². The molecule has 0 radical (unpaired) electrons. The molecule has 32 heavy (non-hydrogen) atoms. The number of methoxy groups -OCH3 is 1. The first kappa shape index (κ1) is 20.0. The summed E-state index contributed by atoms with van der Waals surface area (Å²) in [6.45, 7) is 3.59. The minimum Gasteiger partial charge on any atom is -0.494 e. The van der Waals surface area contributed by atoms with Gasteiger partial charge in [0, 0.05) is 37.9 Å². The van der Waals surface area contributed by atoms with E-state index in [0.717, 1.165) is 32.0 Å². The van der Waals surface area contributed by atoms with Crippen LogP contribution in [0, 0.1) is 5.82 Å².